The monoisotopic (exact) mass is 265 g/mol. The second-order valence-corrected chi connectivity index (χ2v) is 4.64. The van der Waals surface area contributed by atoms with Crippen LogP contribution in [-0.2, 0) is 20.9 Å². The van der Waals surface area contributed by atoms with E-state index in [1.807, 2.05) is 6.92 Å². The molecule has 0 aliphatic carbocycles. The first-order valence-corrected chi connectivity index (χ1v) is 6.43. The molecule has 1 aliphatic rings. The first kappa shape index (κ1) is 13.9. The molecule has 0 aromatic carbocycles. The number of carbonyl (C=O) groups is 1. The van der Waals surface area contributed by atoms with Gasteiger partial charge in [0.25, 0.3) is 0 Å². The van der Waals surface area contributed by atoms with Crippen LogP contribution in [0.3, 0.4) is 0 Å². The van der Waals surface area contributed by atoms with Crippen molar-refractivity contribution in [2.45, 2.75) is 32.5 Å². The SMILES string of the molecule is COCc1cc(NC(=O)[C@H]2CCCO[C@H]2C)ncn1. The summed E-state index contributed by atoms with van der Waals surface area (Å²) in [6, 6.07) is 1.72. The zero-order valence-electron chi connectivity index (χ0n) is 11.3. The molecule has 2 rings (SSSR count). The van der Waals surface area contributed by atoms with E-state index in [1.165, 1.54) is 6.33 Å². The number of anilines is 1. The number of aromatic nitrogens is 2. The van der Waals surface area contributed by atoms with Crippen molar-refractivity contribution < 1.29 is 14.3 Å². The Balaban J connectivity index is 1.99. The maximum absolute atomic E-state index is 12.2. The van der Waals surface area contributed by atoms with Crippen molar-refractivity contribution in [1.82, 2.24) is 9.97 Å². The van der Waals surface area contributed by atoms with Gasteiger partial charge in [-0.25, -0.2) is 9.97 Å². The van der Waals surface area contributed by atoms with Crippen LogP contribution in [0.2, 0.25) is 0 Å². The minimum atomic E-state index is -0.116. The average Bonchev–Trinajstić information content (AvgIpc) is 2.40. The Morgan fingerprint density at radius 2 is 2.42 bits per heavy atom. The second-order valence-electron chi connectivity index (χ2n) is 4.64. The van der Waals surface area contributed by atoms with E-state index in [-0.39, 0.29) is 17.9 Å². The van der Waals surface area contributed by atoms with Crippen molar-refractivity contribution in [1.29, 1.82) is 0 Å². The molecule has 1 N–H and O–H groups in total. The first-order chi connectivity index (χ1) is 9.20. The number of nitrogens with zero attached hydrogens (tertiary/aromatic N) is 2. The zero-order chi connectivity index (χ0) is 13.7. The molecule has 0 bridgehead atoms. The molecular formula is C13H19N3O3. The summed E-state index contributed by atoms with van der Waals surface area (Å²) in [5.41, 5.74) is 0.737. The quantitative estimate of drug-likeness (QED) is 0.890. The van der Waals surface area contributed by atoms with Crippen LogP contribution in [0.25, 0.3) is 0 Å². The lowest BCUT2D eigenvalue weighted by atomic mass is 9.94. The fraction of sp³-hybridized carbons (Fsp3) is 0.615. The molecule has 0 unspecified atom stereocenters. The van der Waals surface area contributed by atoms with Gasteiger partial charge >= 0.3 is 0 Å². The van der Waals surface area contributed by atoms with E-state index in [4.69, 9.17) is 9.47 Å². The summed E-state index contributed by atoms with van der Waals surface area (Å²) >= 11 is 0. The molecule has 1 aromatic rings. The van der Waals surface area contributed by atoms with Gasteiger partial charge in [0.15, 0.2) is 0 Å². The molecule has 0 spiro atoms. The van der Waals surface area contributed by atoms with Gasteiger partial charge in [-0.3, -0.25) is 4.79 Å². The highest BCUT2D eigenvalue weighted by molar-refractivity contribution is 5.92. The Labute approximate surface area is 112 Å². The number of rotatable bonds is 4. The Morgan fingerprint density at radius 1 is 1.58 bits per heavy atom. The maximum atomic E-state index is 12.2. The standard InChI is InChI=1S/C13H19N3O3/c1-9-11(4-3-5-19-9)13(17)16-12-6-10(7-18-2)14-8-15-12/h6,8-9,11H,3-5,7H2,1-2H3,(H,14,15,16,17)/t9-,11-/m0/s1. The smallest absolute Gasteiger partial charge is 0.231 e. The summed E-state index contributed by atoms with van der Waals surface area (Å²) in [4.78, 5) is 20.3. The topological polar surface area (TPSA) is 73.3 Å². The zero-order valence-corrected chi connectivity index (χ0v) is 11.3. The van der Waals surface area contributed by atoms with Crippen LogP contribution in [0.15, 0.2) is 12.4 Å². The van der Waals surface area contributed by atoms with E-state index in [2.05, 4.69) is 15.3 Å². The van der Waals surface area contributed by atoms with Gasteiger partial charge in [0.1, 0.15) is 12.1 Å². The molecule has 2 heterocycles. The fourth-order valence-corrected chi connectivity index (χ4v) is 2.18. The number of nitrogens with one attached hydrogen (secondary N) is 1. The lowest BCUT2D eigenvalue weighted by Crippen LogP contribution is -2.36. The Hall–Kier alpha value is -1.53. The highest BCUT2D eigenvalue weighted by atomic mass is 16.5. The molecule has 1 saturated heterocycles. The highest BCUT2D eigenvalue weighted by Crippen LogP contribution is 2.22. The first-order valence-electron chi connectivity index (χ1n) is 6.43. The van der Waals surface area contributed by atoms with E-state index < -0.39 is 0 Å². The third-order valence-electron chi connectivity index (χ3n) is 3.21. The van der Waals surface area contributed by atoms with E-state index in [1.54, 1.807) is 13.2 Å². The van der Waals surface area contributed by atoms with Crippen LogP contribution in [-0.4, -0.2) is 35.7 Å². The summed E-state index contributed by atoms with van der Waals surface area (Å²) in [6.07, 6.45) is 3.14. The molecule has 1 amide bonds. The third-order valence-corrected chi connectivity index (χ3v) is 3.21. The third kappa shape index (κ3) is 3.71. The fourth-order valence-electron chi connectivity index (χ4n) is 2.18. The van der Waals surface area contributed by atoms with E-state index >= 15 is 0 Å². The molecule has 6 nitrogen and oxygen atoms in total. The van der Waals surface area contributed by atoms with Gasteiger partial charge in [0.05, 0.1) is 24.3 Å². The van der Waals surface area contributed by atoms with Crippen molar-refractivity contribution in [2.24, 2.45) is 5.92 Å². The van der Waals surface area contributed by atoms with Gasteiger partial charge < -0.3 is 14.8 Å². The maximum Gasteiger partial charge on any atom is 0.231 e. The molecule has 1 fully saturated rings. The van der Waals surface area contributed by atoms with Gasteiger partial charge in [0.2, 0.25) is 5.91 Å². The average molecular weight is 265 g/mol. The van der Waals surface area contributed by atoms with Crippen LogP contribution in [0.5, 0.6) is 0 Å². The normalized spacial score (nSPS) is 23.1. The number of ether oxygens (including phenoxy) is 2. The molecule has 104 valence electrons. The summed E-state index contributed by atoms with van der Waals surface area (Å²) in [5, 5.41) is 2.82. The van der Waals surface area contributed by atoms with Crippen LogP contribution in [0, 0.1) is 5.92 Å². The molecule has 6 heteroatoms. The Bertz CT molecular complexity index is 439. The summed E-state index contributed by atoms with van der Waals surface area (Å²) < 4.78 is 10.5. The lowest BCUT2D eigenvalue weighted by Gasteiger charge is -2.27. The molecule has 2 atom stereocenters. The van der Waals surface area contributed by atoms with Crippen LogP contribution >= 0.6 is 0 Å². The van der Waals surface area contributed by atoms with E-state index in [0.29, 0.717) is 12.4 Å². The van der Waals surface area contributed by atoms with Crippen molar-refractivity contribution >= 4 is 11.7 Å². The van der Waals surface area contributed by atoms with Crippen LogP contribution in [0.1, 0.15) is 25.5 Å². The van der Waals surface area contributed by atoms with Gasteiger partial charge in [-0.2, -0.15) is 0 Å². The van der Waals surface area contributed by atoms with Gasteiger partial charge in [0, 0.05) is 19.8 Å². The van der Waals surface area contributed by atoms with E-state index in [0.717, 1.165) is 25.1 Å². The second kappa shape index (κ2) is 6.58. The molecular weight excluding hydrogens is 246 g/mol. The number of methoxy groups -OCH3 is 1. The summed E-state index contributed by atoms with van der Waals surface area (Å²) in [5.74, 6) is 0.341. The van der Waals surface area contributed by atoms with Gasteiger partial charge in [-0.1, -0.05) is 0 Å². The number of hydrogen-bond donors (Lipinski definition) is 1. The van der Waals surface area contributed by atoms with Crippen molar-refractivity contribution in [3.8, 4) is 0 Å². The lowest BCUT2D eigenvalue weighted by molar-refractivity contribution is -0.127. The molecule has 0 saturated carbocycles. The van der Waals surface area contributed by atoms with Crippen molar-refractivity contribution in [3.05, 3.63) is 18.1 Å². The molecule has 1 aliphatic heterocycles. The summed E-state index contributed by atoms with van der Waals surface area (Å²) in [7, 11) is 1.60. The van der Waals surface area contributed by atoms with Gasteiger partial charge in [-0.15, -0.1) is 0 Å². The predicted molar refractivity (Wildman–Crippen MR) is 69.5 cm³/mol. The molecule has 0 radical (unpaired) electrons. The van der Waals surface area contributed by atoms with Crippen molar-refractivity contribution in [3.63, 3.8) is 0 Å². The predicted octanol–water partition coefficient (Wildman–Crippen LogP) is 1.38. The summed E-state index contributed by atoms with van der Waals surface area (Å²) in [6.45, 7) is 3.06. The minimum absolute atomic E-state index is 0.0470. The number of amides is 1. The number of hydrogen-bond acceptors (Lipinski definition) is 5. The highest BCUT2D eigenvalue weighted by Gasteiger charge is 2.28. The van der Waals surface area contributed by atoms with Crippen molar-refractivity contribution in [2.75, 3.05) is 19.0 Å². The Morgan fingerprint density at radius 3 is 3.16 bits per heavy atom. The van der Waals surface area contributed by atoms with Crippen LogP contribution in [0.4, 0.5) is 5.82 Å². The minimum Gasteiger partial charge on any atom is -0.378 e. The molecule has 19 heavy (non-hydrogen) atoms. The van der Waals surface area contributed by atoms with Crippen LogP contribution < -0.4 is 5.32 Å². The Kier molecular flexibility index (Phi) is 4.81. The van der Waals surface area contributed by atoms with Gasteiger partial charge in [-0.05, 0) is 19.8 Å². The number of carbonyl (C=O) groups excluding carboxylic acids is 1. The van der Waals surface area contributed by atoms with E-state index in [9.17, 15) is 4.79 Å². The molecule has 1 aromatic heterocycles. The largest absolute Gasteiger partial charge is 0.378 e.